The minimum atomic E-state index is -4.69. The Morgan fingerprint density at radius 2 is 1.75 bits per heavy atom. The first-order valence-corrected chi connectivity index (χ1v) is 8.79. The lowest BCUT2D eigenvalue weighted by molar-refractivity contribution is 0.283. The average Bonchev–Trinajstić information content (AvgIpc) is 2.50. The van der Waals surface area contributed by atoms with Crippen LogP contribution in [-0.4, -0.2) is 14.9 Å². The Morgan fingerprint density at radius 3 is 2.38 bits per heavy atom. The fraction of sp³-hybridized carbons (Fsp3) is 0.111. The maximum absolute atomic E-state index is 11.2. The average molecular weight is 346 g/mol. The summed E-state index contributed by atoms with van der Waals surface area (Å²) in [6.07, 6.45) is 4.49. The predicted molar refractivity (Wildman–Crippen MR) is 94.0 cm³/mol. The van der Waals surface area contributed by atoms with Gasteiger partial charge in [0.05, 0.1) is 0 Å². The molecule has 0 amide bonds. The van der Waals surface area contributed by atoms with E-state index in [0.29, 0.717) is 29.5 Å². The number of aromatic hydroxyl groups is 1. The summed E-state index contributed by atoms with van der Waals surface area (Å²) >= 11 is 0. The molecule has 0 aliphatic carbocycles. The van der Waals surface area contributed by atoms with E-state index in [9.17, 15) is 9.67 Å². The molecule has 2 aromatic carbocycles. The second-order valence-corrected chi connectivity index (χ2v) is 6.41. The highest BCUT2D eigenvalue weighted by atomic mass is 31.2. The van der Waals surface area contributed by atoms with Crippen LogP contribution in [0.3, 0.4) is 0 Å². The lowest BCUT2D eigenvalue weighted by Gasteiger charge is -2.14. The first kappa shape index (κ1) is 18.0. The summed E-state index contributed by atoms with van der Waals surface area (Å²) in [4.78, 5) is 18.2. The second-order valence-electron chi connectivity index (χ2n) is 5.24. The van der Waals surface area contributed by atoms with E-state index >= 15 is 0 Å². The van der Waals surface area contributed by atoms with Gasteiger partial charge >= 0.3 is 7.82 Å². The monoisotopic (exact) mass is 346 g/mol. The van der Waals surface area contributed by atoms with Crippen molar-refractivity contribution in [3.05, 3.63) is 72.8 Å². The molecule has 0 aromatic heterocycles. The highest BCUT2D eigenvalue weighted by Crippen LogP contribution is 2.43. The number of phenolic OH excluding ortho intramolecular Hbond substituents is 1. The molecule has 5 nitrogen and oxygen atoms in total. The third-order valence-electron chi connectivity index (χ3n) is 3.40. The summed E-state index contributed by atoms with van der Waals surface area (Å²) in [6.45, 7) is 7.34. The molecular formula is C18H19O5P. The number of rotatable bonds is 7. The van der Waals surface area contributed by atoms with Gasteiger partial charge in [-0.05, 0) is 53.8 Å². The van der Waals surface area contributed by atoms with Gasteiger partial charge in [0.25, 0.3) is 0 Å². The van der Waals surface area contributed by atoms with Crippen LogP contribution < -0.4 is 4.52 Å². The van der Waals surface area contributed by atoms with Gasteiger partial charge in [-0.2, -0.15) is 0 Å². The van der Waals surface area contributed by atoms with Crippen LogP contribution in [0.4, 0.5) is 0 Å². The lowest BCUT2D eigenvalue weighted by Crippen LogP contribution is -1.95. The molecule has 2 rings (SSSR count). The van der Waals surface area contributed by atoms with Crippen molar-refractivity contribution in [3.63, 3.8) is 0 Å². The SMILES string of the molecule is C=CCc1ccc(OP(=O)(O)O)c(-c2ccc(O)c(CC=C)c2)c1. The van der Waals surface area contributed by atoms with Crippen LogP contribution in [0, 0.1) is 0 Å². The molecule has 0 radical (unpaired) electrons. The smallest absolute Gasteiger partial charge is 0.508 e. The molecular weight excluding hydrogens is 327 g/mol. The number of phosphoric acid groups is 1. The summed E-state index contributed by atoms with van der Waals surface area (Å²) in [6, 6.07) is 9.99. The molecule has 0 fully saturated rings. The molecule has 0 spiro atoms. The van der Waals surface area contributed by atoms with Gasteiger partial charge in [-0.15, -0.1) is 13.2 Å². The molecule has 0 bridgehead atoms. The Hall–Kier alpha value is -2.33. The van der Waals surface area contributed by atoms with Gasteiger partial charge in [-0.25, -0.2) is 4.57 Å². The summed E-state index contributed by atoms with van der Waals surface area (Å²) in [5, 5.41) is 9.89. The summed E-state index contributed by atoms with van der Waals surface area (Å²) in [7, 11) is -4.69. The van der Waals surface area contributed by atoms with Crippen LogP contribution in [0.2, 0.25) is 0 Å². The standard InChI is InChI=1S/C18H19O5P/c1-3-5-13-7-10-18(23-24(20,21)22)16(11-13)14-8-9-17(19)15(12-14)6-4-2/h3-4,7-12,19H,1-2,5-6H2,(H2,20,21,22). The third kappa shape index (κ3) is 4.59. The van der Waals surface area contributed by atoms with E-state index < -0.39 is 7.82 Å². The molecule has 126 valence electrons. The minimum Gasteiger partial charge on any atom is -0.508 e. The molecule has 2 aromatic rings. The number of hydrogen-bond acceptors (Lipinski definition) is 3. The molecule has 0 saturated carbocycles. The maximum Gasteiger partial charge on any atom is 0.524 e. The zero-order valence-electron chi connectivity index (χ0n) is 13.1. The normalized spacial score (nSPS) is 11.1. The van der Waals surface area contributed by atoms with Crippen LogP contribution in [0.25, 0.3) is 11.1 Å². The second kappa shape index (κ2) is 7.49. The van der Waals surface area contributed by atoms with Gasteiger partial charge in [-0.3, -0.25) is 9.79 Å². The van der Waals surface area contributed by atoms with Gasteiger partial charge < -0.3 is 9.63 Å². The van der Waals surface area contributed by atoms with E-state index in [4.69, 9.17) is 14.3 Å². The molecule has 3 N–H and O–H groups in total. The van der Waals surface area contributed by atoms with E-state index in [1.165, 1.54) is 12.1 Å². The number of phenols is 1. The lowest BCUT2D eigenvalue weighted by atomic mass is 9.97. The van der Waals surface area contributed by atoms with E-state index in [0.717, 1.165) is 5.56 Å². The first-order valence-electron chi connectivity index (χ1n) is 7.26. The Balaban J connectivity index is 2.58. The fourth-order valence-electron chi connectivity index (χ4n) is 2.38. The minimum absolute atomic E-state index is 0.0754. The van der Waals surface area contributed by atoms with Gasteiger partial charge in [0.1, 0.15) is 11.5 Å². The van der Waals surface area contributed by atoms with E-state index in [1.54, 1.807) is 36.4 Å². The van der Waals surface area contributed by atoms with E-state index in [1.807, 2.05) is 0 Å². The van der Waals surface area contributed by atoms with Gasteiger partial charge in [0.2, 0.25) is 0 Å². The Morgan fingerprint density at radius 1 is 1.04 bits per heavy atom. The zero-order chi connectivity index (χ0) is 17.7. The molecule has 0 unspecified atom stereocenters. The van der Waals surface area contributed by atoms with Crippen LogP contribution in [0.15, 0.2) is 61.7 Å². The highest BCUT2D eigenvalue weighted by molar-refractivity contribution is 7.46. The van der Waals surface area contributed by atoms with Crippen molar-refractivity contribution in [3.8, 4) is 22.6 Å². The number of phosphoric ester groups is 1. The van der Waals surface area contributed by atoms with Crippen molar-refractivity contribution in [2.45, 2.75) is 12.8 Å². The van der Waals surface area contributed by atoms with Crippen LogP contribution >= 0.6 is 7.82 Å². The number of hydrogen-bond donors (Lipinski definition) is 3. The molecule has 0 aliphatic rings. The van der Waals surface area contributed by atoms with Crippen molar-refractivity contribution in [1.82, 2.24) is 0 Å². The topological polar surface area (TPSA) is 87.0 Å². The largest absolute Gasteiger partial charge is 0.524 e. The van der Waals surface area contributed by atoms with Crippen molar-refractivity contribution in [2.75, 3.05) is 0 Å². The first-order chi connectivity index (χ1) is 11.3. The summed E-state index contributed by atoms with van der Waals surface area (Å²) in [5.74, 6) is 0.213. The third-order valence-corrected chi connectivity index (χ3v) is 3.83. The van der Waals surface area contributed by atoms with Crippen molar-refractivity contribution in [1.29, 1.82) is 0 Å². The molecule has 0 aliphatic heterocycles. The Kier molecular flexibility index (Phi) is 5.62. The van der Waals surface area contributed by atoms with Crippen molar-refractivity contribution >= 4 is 7.82 Å². The molecule has 0 heterocycles. The van der Waals surface area contributed by atoms with Crippen molar-refractivity contribution in [2.24, 2.45) is 0 Å². The number of allylic oxidation sites excluding steroid dienone is 2. The van der Waals surface area contributed by atoms with Crippen LogP contribution in [0.1, 0.15) is 11.1 Å². The molecule has 0 atom stereocenters. The van der Waals surface area contributed by atoms with Crippen LogP contribution in [0.5, 0.6) is 11.5 Å². The highest BCUT2D eigenvalue weighted by Gasteiger charge is 2.19. The summed E-state index contributed by atoms with van der Waals surface area (Å²) in [5.41, 5.74) is 2.80. The quantitative estimate of drug-likeness (QED) is 0.521. The van der Waals surface area contributed by atoms with Gasteiger partial charge in [0.15, 0.2) is 0 Å². The van der Waals surface area contributed by atoms with Gasteiger partial charge in [-0.1, -0.05) is 24.3 Å². The van der Waals surface area contributed by atoms with Crippen molar-refractivity contribution < 1.29 is 24.0 Å². The van der Waals surface area contributed by atoms with Gasteiger partial charge in [0, 0.05) is 5.56 Å². The Labute approximate surface area is 140 Å². The maximum atomic E-state index is 11.2. The molecule has 24 heavy (non-hydrogen) atoms. The molecule has 0 saturated heterocycles. The Bertz CT molecular complexity index is 807. The van der Waals surface area contributed by atoms with Crippen LogP contribution in [-0.2, 0) is 17.4 Å². The predicted octanol–water partition coefficient (Wildman–Crippen LogP) is 3.99. The molecule has 6 heteroatoms. The number of benzene rings is 2. The zero-order valence-corrected chi connectivity index (χ0v) is 13.9. The fourth-order valence-corrected chi connectivity index (χ4v) is 2.79. The van der Waals surface area contributed by atoms with E-state index in [2.05, 4.69) is 13.2 Å². The summed E-state index contributed by atoms with van der Waals surface area (Å²) < 4.78 is 16.0. The van der Waals surface area contributed by atoms with E-state index in [-0.39, 0.29) is 11.5 Å².